The molecule has 0 aromatic carbocycles. The fourth-order valence-corrected chi connectivity index (χ4v) is 3.00. The highest BCUT2D eigenvalue weighted by Crippen LogP contribution is 2.17. The van der Waals surface area contributed by atoms with Crippen molar-refractivity contribution in [2.75, 3.05) is 13.1 Å². The van der Waals surface area contributed by atoms with E-state index in [2.05, 4.69) is 22.2 Å². The van der Waals surface area contributed by atoms with Crippen molar-refractivity contribution >= 4 is 11.8 Å². The predicted molar refractivity (Wildman–Crippen MR) is 93.9 cm³/mol. The molecule has 1 unspecified atom stereocenters. The highest BCUT2D eigenvalue weighted by atomic mass is 16.2. The molecule has 6 heteroatoms. The Morgan fingerprint density at radius 3 is 2.88 bits per heavy atom. The largest absolute Gasteiger partial charge is 0.346 e. The summed E-state index contributed by atoms with van der Waals surface area (Å²) in [5.74, 6) is 0.155. The van der Waals surface area contributed by atoms with Gasteiger partial charge in [-0.2, -0.15) is 0 Å². The number of carbonyl (C=O) groups excluding carboxylic acids is 2. The molecule has 0 spiro atoms. The number of nitrogens with one attached hydrogen (secondary N) is 1. The Morgan fingerprint density at radius 1 is 1.24 bits per heavy atom. The van der Waals surface area contributed by atoms with Crippen molar-refractivity contribution in [3.63, 3.8) is 0 Å². The van der Waals surface area contributed by atoms with E-state index in [0.717, 1.165) is 31.6 Å². The second kappa shape index (κ2) is 7.88. The molecule has 3 rings (SSSR count). The summed E-state index contributed by atoms with van der Waals surface area (Å²) in [4.78, 5) is 35.1. The lowest BCUT2D eigenvalue weighted by atomic mass is 10.00. The number of likely N-dealkylation sites (tertiary alicyclic amines) is 1. The van der Waals surface area contributed by atoms with Crippen LogP contribution < -0.4 is 5.32 Å². The predicted octanol–water partition coefficient (Wildman–Crippen LogP) is 2.28. The standard InChI is InChI=1S/C19H22N4O2/c1-14-5-4-10-23(13-14)19(25)17-11-15(7-9-21-17)18(24)22-12-16-6-2-3-8-20-16/h2-3,6-9,11,14H,4-5,10,12-13H2,1H3,(H,22,24). The van der Waals surface area contributed by atoms with Gasteiger partial charge in [-0.1, -0.05) is 13.0 Å². The molecule has 130 valence electrons. The van der Waals surface area contributed by atoms with Gasteiger partial charge in [-0.25, -0.2) is 0 Å². The van der Waals surface area contributed by atoms with Crippen LogP contribution in [0.3, 0.4) is 0 Å². The number of nitrogens with zero attached hydrogens (tertiary/aromatic N) is 3. The van der Waals surface area contributed by atoms with Crippen LogP contribution in [0.15, 0.2) is 42.7 Å². The number of amides is 2. The molecule has 25 heavy (non-hydrogen) atoms. The Balaban J connectivity index is 1.66. The van der Waals surface area contributed by atoms with E-state index in [1.165, 1.54) is 6.20 Å². The van der Waals surface area contributed by atoms with Crippen LogP contribution in [0, 0.1) is 5.92 Å². The van der Waals surface area contributed by atoms with Gasteiger partial charge in [0.2, 0.25) is 0 Å². The second-order valence-electron chi connectivity index (χ2n) is 6.43. The Bertz CT molecular complexity index is 748. The van der Waals surface area contributed by atoms with Crippen molar-refractivity contribution in [3.8, 4) is 0 Å². The highest BCUT2D eigenvalue weighted by molar-refractivity contribution is 5.98. The molecular formula is C19H22N4O2. The summed E-state index contributed by atoms with van der Waals surface area (Å²) in [6, 6.07) is 8.73. The smallest absolute Gasteiger partial charge is 0.272 e. The lowest BCUT2D eigenvalue weighted by Gasteiger charge is -2.30. The monoisotopic (exact) mass is 338 g/mol. The molecule has 1 aliphatic rings. The number of hydrogen-bond acceptors (Lipinski definition) is 4. The summed E-state index contributed by atoms with van der Waals surface area (Å²) in [6.07, 6.45) is 5.35. The minimum absolute atomic E-state index is 0.106. The number of piperidine rings is 1. The van der Waals surface area contributed by atoms with Crippen molar-refractivity contribution in [3.05, 3.63) is 59.7 Å². The van der Waals surface area contributed by atoms with Gasteiger partial charge in [0.15, 0.2) is 0 Å². The van der Waals surface area contributed by atoms with E-state index in [9.17, 15) is 9.59 Å². The van der Waals surface area contributed by atoms with Crippen LogP contribution in [0.5, 0.6) is 0 Å². The lowest BCUT2D eigenvalue weighted by Crippen LogP contribution is -2.39. The quantitative estimate of drug-likeness (QED) is 0.928. The maximum Gasteiger partial charge on any atom is 0.272 e. The summed E-state index contributed by atoms with van der Waals surface area (Å²) in [5, 5.41) is 2.81. The van der Waals surface area contributed by atoms with Crippen molar-refractivity contribution in [2.24, 2.45) is 5.92 Å². The molecule has 1 saturated heterocycles. The summed E-state index contributed by atoms with van der Waals surface area (Å²) < 4.78 is 0. The summed E-state index contributed by atoms with van der Waals surface area (Å²) in [5.41, 5.74) is 1.53. The van der Waals surface area contributed by atoms with E-state index >= 15 is 0 Å². The first kappa shape index (κ1) is 17.1. The molecule has 1 N–H and O–H groups in total. The first-order valence-electron chi connectivity index (χ1n) is 8.57. The third kappa shape index (κ3) is 4.41. The number of pyridine rings is 2. The van der Waals surface area contributed by atoms with Gasteiger partial charge in [-0.15, -0.1) is 0 Å². The zero-order chi connectivity index (χ0) is 17.6. The van der Waals surface area contributed by atoms with Crippen LogP contribution in [0.1, 0.15) is 46.3 Å². The van der Waals surface area contributed by atoms with Crippen LogP contribution in [0.4, 0.5) is 0 Å². The number of aromatic nitrogens is 2. The first-order valence-corrected chi connectivity index (χ1v) is 8.57. The molecule has 2 amide bonds. The maximum atomic E-state index is 12.6. The Morgan fingerprint density at radius 2 is 2.12 bits per heavy atom. The van der Waals surface area contributed by atoms with E-state index < -0.39 is 0 Å². The first-order chi connectivity index (χ1) is 12.1. The van der Waals surface area contributed by atoms with Gasteiger partial charge in [-0.3, -0.25) is 19.6 Å². The molecule has 3 heterocycles. The minimum Gasteiger partial charge on any atom is -0.346 e. The van der Waals surface area contributed by atoms with Crippen molar-refractivity contribution in [1.82, 2.24) is 20.2 Å². The van der Waals surface area contributed by atoms with Crippen molar-refractivity contribution in [2.45, 2.75) is 26.3 Å². The zero-order valence-electron chi connectivity index (χ0n) is 14.3. The van der Waals surface area contributed by atoms with Gasteiger partial charge >= 0.3 is 0 Å². The van der Waals surface area contributed by atoms with E-state index in [-0.39, 0.29) is 11.8 Å². The number of rotatable bonds is 4. The van der Waals surface area contributed by atoms with Crippen molar-refractivity contribution in [1.29, 1.82) is 0 Å². The highest BCUT2D eigenvalue weighted by Gasteiger charge is 2.23. The molecule has 1 atom stereocenters. The van der Waals surface area contributed by atoms with Crippen LogP contribution in [0.25, 0.3) is 0 Å². The summed E-state index contributed by atoms with van der Waals surface area (Å²) in [6.45, 7) is 3.99. The number of carbonyl (C=O) groups is 2. The van der Waals surface area contributed by atoms with Gasteiger partial charge in [0.1, 0.15) is 5.69 Å². The Kier molecular flexibility index (Phi) is 5.38. The lowest BCUT2D eigenvalue weighted by molar-refractivity contribution is 0.0677. The third-order valence-corrected chi connectivity index (χ3v) is 4.34. The van der Waals surface area contributed by atoms with E-state index in [1.54, 1.807) is 18.3 Å². The fraction of sp³-hybridized carbons (Fsp3) is 0.368. The van der Waals surface area contributed by atoms with Gasteiger partial charge in [0, 0.05) is 31.0 Å². The van der Waals surface area contributed by atoms with Crippen LogP contribution in [-0.4, -0.2) is 39.8 Å². The Hall–Kier alpha value is -2.76. The van der Waals surface area contributed by atoms with Gasteiger partial charge in [0.25, 0.3) is 11.8 Å². The fourth-order valence-electron chi connectivity index (χ4n) is 3.00. The van der Waals surface area contributed by atoms with Gasteiger partial charge < -0.3 is 10.2 Å². The van der Waals surface area contributed by atoms with E-state index in [1.807, 2.05) is 23.1 Å². The normalized spacial score (nSPS) is 17.2. The molecule has 2 aromatic heterocycles. The molecule has 0 aliphatic carbocycles. The summed E-state index contributed by atoms with van der Waals surface area (Å²) in [7, 11) is 0. The summed E-state index contributed by atoms with van der Waals surface area (Å²) >= 11 is 0. The molecule has 0 saturated carbocycles. The average molecular weight is 338 g/mol. The van der Waals surface area contributed by atoms with Crippen LogP contribution >= 0.6 is 0 Å². The maximum absolute atomic E-state index is 12.6. The number of hydrogen-bond donors (Lipinski definition) is 1. The SMILES string of the molecule is CC1CCCN(C(=O)c2cc(C(=O)NCc3ccccn3)ccn2)C1. The molecule has 6 nitrogen and oxygen atoms in total. The van der Waals surface area contributed by atoms with Gasteiger partial charge in [-0.05, 0) is 43.0 Å². The molecular weight excluding hydrogens is 316 g/mol. The van der Waals surface area contributed by atoms with Gasteiger partial charge in [0.05, 0.1) is 12.2 Å². The van der Waals surface area contributed by atoms with Crippen molar-refractivity contribution < 1.29 is 9.59 Å². The topological polar surface area (TPSA) is 75.2 Å². The minimum atomic E-state index is -0.242. The van der Waals surface area contributed by atoms with E-state index in [4.69, 9.17) is 0 Å². The molecule has 0 radical (unpaired) electrons. The Labute approximate surface area is 147 Å². The second-order valence-corrected chi connectivity index (χ2v) is 6.43. The van der Waals surface area contributed by atoms with Crippen LogP contribution in [0.2, 0.25) is 0 Å². The third-order valence-electron chi connectivity index (χ3n) is 4.34. The zero-order valence-corrected chi connectivity index (χ0v) is 14.3. The molecule has 1 fully saturated rings. The average Bonchev–Trinajstić information content (AvgIpc) is 2.66. The molecule has 0 bridgehead atoms. The molecule has 1 aliphatic heterocycles. The van der Waals surface area contributed by atoms with Crippen LogP contribution in [-0.2, 0) is 6.54 Å². The van der Waals surface area contributed by atoms with E-state index in [0.29, 0.717) is 23.7 Å². The molecule has 2 aromatic rings.